The summed E-state index contributed by atoms with van der Waals surface area (Å²) in [6.07, 6.45) is 0.868. The summed E-state index contributed by atoms with van der Waals surface area (Å²) in [5, 5.41) is 0.593. The lowest BCUT2D eigenvalue weighted by Crippen LogP contribution is -2.35. The Hall–Kier alpha value is -0.970. The first-order valence-corrected chi connectivity index (χ1v) is 7.43. The average molecular weight is 299 g/mol. The topological polar surface area (TPSA) is 47.7 Å². The van der Waals surface area contributed by atoms with Crippen molar-refractivity contribution >= 4 is 11.6 Å². The van der Waals surface area contributed by atoms with Gasteiger partial charge in [-0.15, -0.1) is 0 Å². The maximum absolute atomic E-state index is 6.34. The van der Waals surface area contributed by atoms with Crippen molar-refractivity contribution in [3.63, 3.8) is 0 Å². The second kappa shape index (κ2) is 6.66. The molecule has 1 aromatic rings. The molecule has 20 heavy (non-hydrogen) atoms. The monoisotopic (exact) mass is 298 g/mol. The molecule has 1 unspecified atom stereocenters. The van der Waals surface area contributed by atoms with E-state index in [2.05, 4.69) is 25.8 Å². The van der Waals surface area contributed by atoms with Crippen LogP contribution in [0, 0.1) is 0 Å². The first-order chi connectivity index (χ1) is 9.54. The van der Waals surface area contributed by atoms with E-state index in [-0.39, 0.29) is 6.04 Å². The molecule has 0 fully saturated rings. The number of nitrogens with zero attached hydrogens (tertiary/aromatic N) is 1. The average Bonchev–Trinajstić information content (AvgIpc) is 2.65. The quantitative estimate of drug-likeness (QED) is 0.928. The normalized spacial score (nSPS) is 16.4. The van der Waals surface area contributed by atoms with Crippen LogP contribution in [0.4, 0.5) is 0 Å². The van der Waals surface area contributed by atoms with Gasteiger partial charge in [0.2, 0.25) is 0 Å². The van der Waals surface area contributed by atoms with E-state index < -0.39 is 0 Å². The Kier molecular flexibility index (Phi) is 5.13. The van der Waals surface area contributed by atoms with E-state index in [1.807, 2.05) is 12.1 Å². The van der Waals surface area contributed by atoms with Gasteiger partial charge in [-0.25, -0.2) is 0 Å². The summed E-state index contributed by atoms with van der Waals surface area (Å²) < 4.78 is 11.4. The van der Waals surface area contributed by atoms with Crippen LogP contribution in [0.2, 0.25) is 5.02 Å². The van der Waals surface area contributed by atoms with E-state index in [9.17, 15) is 0 Å². The first kappa shape index (κ1) is 15.4. The van der Waals surface area contributed by atoms with Gasteiger partial charge in [-0.1, -0.05) is 11.6 Å². The second-order valence-corrected chi connectivity index (χ2v) is 5.80. The highest BCUT2D eigenvalue weighted by atomic mass is 35.5. The van der Waals surface area contributed by atoms with Gasteiger partial charge in [0.05, 0.1) is 18.2 Å². The summed E-state index contributed by atoms with van der Waals surface area (Å²) in [4.78, 5) is 2.23. The molecule has 2 rings (SSSR count). The number of benzene rings is 1. The molecule has 1 aliphatic rings. The van der Waals surface area contributed by atoms with E-state index in [0.29, 0.717) is 36.6 Å². The lowest BCUT2D eigenvalue weighted by molar-refractivity contribution is 0.200. The standard InChI is InChI=1S/C15H23ClN2O2/c1-10(2)18(3)13(9-17)11-7-12(16)15-14(8-11)19-5-4-6-20-15/h7-8,10,13H,4-6,9,17H2,1-3H3. The van der Waals surface area contributed by atoms with Gasteiger partial charge in [0, 0.05) is 25.0 Å². The fourth-order valence-corrected chi connectivity index (χ4v) is 2.61. The Morgan fingerprint density at radius 2 is 2.00 bits per heavy atom. The van der Waals surface area contributed by atoms with Crippen LogP contribution in [0.25, 0.3) is 0 Å². The van der Waals surface area contributed by atoms with E-state index >= 15 is 0 Å². The highest BCUT2D eigenvalue weighted by molar-refractivity contribution is 6.32. The summed E-state index contributed by atoms with van der Waals surface area (Å²) in [5.74, 6) is 1.37. The summed E-state index contributed by atoms with van der Waals surface area (Å²) in [6, 6.07) is 4.46. The van der Waals surface area contributed by atoms with Crippen molar-refractivity contribution in [2.75, 3.05) is 26.8 Å². The zero-order valence-corrected chi connectivity index (χ0v) is 13.1. The van der Waals surface area contributed by atoms with Crippen molar-refractivity contribution in [2.45, 2.75) is 32.4 Å². The maximum atomic E-state index is 6.34. The SMILES string of the molecule is CC(C)N(C)C(CN)c1cc(Cl)c2c(c1)OCCCO2. The van der Waals surface area contributed by atoms with Crippen LogP contribution < -0.4 is 15.2 Å². The molecule has 0 saturated carbocycles. The van der Waals surface area contributed by atoms with Crippen molar-refractivity contribution in [1.29, 1.82) is 0 Å². The third-order valence-electron chi connectivity index (χ3n) is 3.74. The number of nitrogens with two attached hydrogens (primary N) is 1. The Balaban J connectivity index is 2.37. The van der Waals surface area contributed by atoms with Crippen molar-refractivity contribution in [3.8, 4) is 11.5 Å². The van der Waals surface area contributed by atoms with Gasteiger partial charge < -0.3 is 15.2 Å². The molecule has 0 radical (unpaired) electrons. The molecular formula is C15H23ClN2O2. The molecule has 1 atom stereocenters. The van der Waals surface area contributed by atoms with Gasteiger partial charge >= 0.3 is 0 Å². The zero-order valence-electron chi connectivity index (χ0n) is 12.4. The summed E-state index contributed by atoms with van der Waals surface area (Å²) in [7, 11) is 2.07. The highest BCUT2D eigenvalue weighted by Crippen LogP contribution is 2.40. The van der Waals surface area contributed by atoms with Crippen molar-refractivity contribution in [1.82, 2.24) is 4.90 Å². The van der Waals surface area contributed by atoms with Gasteiger partial charge in [-0.3, -0.25) is 4.90 Å². The number of rotatable bonds is 4. The molecule has 0 aromatic heterocycles. The van der Waals surface area contributed by atoms with Crippen molar-refractivity contribution < 1.29 is 9.47 Å². The largest absolute Gasteiger partial charge is 0.489 e. The number of hydrogen-bond donors (Lipinski definition) is 1. The number of halogens is 1. The van der Waals surface area contributed by atoms with E-state index in [1.54, 1.807) is 0 Å². The second-order valence-electron chi connectivity index (χ2n) is 5.39. The zero-order chi connectivity index (χ0) is 14.7. The fraction of sp³-hybridized carbons (Fsp3) is 0.600. The number of ether oxygens (including phenoxy) is 2. The van der Waals surface area contributed by atoms with Crippen LogP contribution >= 0.6 is 11.6 Å². The predicted octanol–water partition coefficient (Wildman–Crippen LogP) is 2.84. The molecule has 112 valence electrons. The molecule has 5 heteroatoms. The van der Waals surface area contributed by atoms with Crippen LogP contribution in [0.5, 0.6) is 11.5 Å². The van der Waals surface area contributed by atoms with E-state index in [1.165, 1.54) is 0 Å². The van der Waals surface area contributed by atoms with Gasteiger partial charge in [0.25, 0.3) is 0 Å². The van der Waals surface area contributed by atoms with Crippen LogP contribution in [0.3, 0.4) is 0 Å². The summed E-state index contributed by atoms with van der Waals surface area (Å²) in [6.45, 7) is 6.11. The van der Waals surface area contributed by atoms with Gasteiger partial charge in [-0.2, -0.15) is 0 Å². The molecule has 0 bridgehead atoms. The predicted molar refractivity (Wildman–Crippen MR) is 81.8 cm³/mol. The van der Waals surface area contributed by atoms with E-state index in [4.69, 9.17) is 26.8 Å². The molecule has 4 nitrogen and oxygen atoms in total. The Morgan fingerprint density at radius 1 is 1.30 bits per heavy atom. The first-order valence-electron chi connectivity index (χ1n) is 7.05. The number of likely N-dealkylation sites (N-methyl/N-ethyl adjacent to an activating group) is 1. The minimum absolute atomic E-state index is 0.115. The maximum Gasteiger partial charge on any atom is 0.179 e. The molecule has 0 spiro atoms. The van der Waals surface area contributed by atoms with E-state index in [0.717, 1.165) is 17.7 Å². The molecule has 1 aromatic carbocycles. The smallest absolute Gasteiger partial charge is 0.179 e. The molecule has 0 amide bonds. The number of fused-ring (bicyclic) bond motifs is 1. The van der Waals surface area contributed by atoms with Crippen molar-refractivity contribution in [2.24, 2.45) is 5.73 Å². The highest BCUT2D eigenvalue weighted by Gasteiger charge is 2.22. The molecule has 0 saturated heterocycles. The third kappa shape index (κ3) is 3.19. The van der Waals surface area contributed by atoms with Crippen molar-refractivity contribution in [3.05, 3.63) is 22.7 Å². The Morgan fingerprint density at radius 3 is 2.65 bits per heavy atom. The molecule has 0 aliphatic carbocycles. The Bertz CT molecular complexity index is 465. The molecular weight excluding hydrogens is 276 g/mol. The third-order valence-corrected chi connectivity index (χ3v) is 4.02. The Labute approximate surface area is 125 Å². The van der Waals surface area contributed by atoms with Crippen LogP contribution in [0.1, 0.15) is 31.9 Å². The van der Waals surface area contributed by atoms with Crippen LogP contribution in [-0.4, -0.2) is 37.7 Å². The van der Waals surface area contributed by atoms with Gasteiger partial charge in [-0.05, 0) is 38.6 Å². The van der Waals surface area contributed by atoms with Crippen LogP contribution in [0.15, 0.2) is 12.1 Å². The lowest BCUT2D eigenvalue weighted by atomic mass is 10.0. The lowest BCUT2D eigenvalue weighted by Gasteiger charge is -2.31. The van der Waals surface area contributed by atoms with Gasteiger partial charge in [0.15, 0.2) is 11.5 Å². The molecule has 2 N–H and O–H groups in total. The molecule has 1 aliphatic heterocycles. The fourth-order valence-electron chi connectivity index (χ4n) is 2.34. The van der Waals surface area contributed by atoms with Crippen LogP contribution in [-0.2, 0) is 0 Å². The minimum atomic E-state index is 0.115. The number of hydrogen-bond acceptors (Lipinski definition) is 4. The van der Waals surface area contributed by atoms with Gasteiger partial charge in [0.1, 0.15) is 0 Å². The minimum Gasteiger partial charge on any atom is -0.489 e. The summed E-state index contributed by atoms with van der Waals surface area (Å²) >= 11 is 6.34. The summed E-state index contributed by atoms with van der Waals surface area (Å²) in [5.41, 5.74) is 7.01. The molecule has 1 heterocycles.